The van der Waals surface area contributed by atoms with Crippen LogP contribution in [0, 0.1) is 13.8 Å². The number of hydrogen-bond donors (Lipinski definition) is 0. The Morgan fingerprint density at radius 3 is 2.79 bits per heavy atom. The normalized spacial score (nSPS) is 17.4. The van der Waals surface area contributed by atoms with Gasteiger partial charge in [-0.25, -0.2) is 0 Å². The highest BCUT2D eigenvalue weighted by atomic mass is 16.7. The molecule has 1 aliphatic rings. The number of esters is 1. The Balaban J connectivity index is 1.93. The summed E-state index contributed by atoms with van der Waals surface area (Å²) in [6.07, 6.45) is 1.84. The Hall–Kier alpha value is -2.38. The molecule has 29 heavy (non-hydrogen) atoms. The molecular weight excluding hydrogens is 374 g/mol. The number of carbonyl (C=O) groups excluding carboxylic acids is 1. The average molecular weight is 403 g/mol. The van der Waals surface area contributed by atoms with Gasteiger partial charge in [0.25, 0.3) is 0 Å². The Labute approximate surface area is 170 Å². The van der Waals surface area contributed by atoms with Crippen LogP contribution >= 0.6 is 0 Å². The van der Waals surface area contributed by atoms with Crippen LogP contribution in [0.2, 0.25) is 0 Å². The van der Waals surface area contributed by atoms with Gasteiger partial charge in [-0.1, -0.05) is 0 Å². The van der Waals surface area contributed by atoms with Crippen molar-refractivity contribution in [1.82, 2.24) is 4.90 Å². The lowest BCUT2D eigenvalue weighted by atomic mass is 9.92. The number of carbonyl (C=O) groups is 1. The molecule has 0 spiro atoms. The summed E-state index contributed by atoms with van der Waals surface area (Å²) in [6, 6.07) is 3.51. The first kappa shape index (κ1) is 21.3. The van der Waals surface area contributed by atoms with Gasteiger partial charge in [0.1, 0.15) is 17.1 Å². The zero-order chi connectivity index (χ0) is 21.0. The van der Waals surface area contributed by atoms with Gasteiger partial charge in [-0.3, -0.25) is 14.5 Å². The molecule has 1 saturated heterocycles. The number of nitrogens with zero attached hydrogens (tertiary/aromatic N) is 1. The highest BCUT2D eigenvalue weighted by molar-refractivity contribution is 5.82. The molecular formula is C22H29NO6. The molecule has 1 aromatic heterocycles. The van der Waals surface area contributed by atoms with Crippen LogP contribution in [0.4, 0.5) is 0 Å². The van der Waals surface area contributed by atoms with Crippen molar-refractivity contribution in [3.8, 4) is 5.75 Å². The van der Waals surface area contributed by atoms with Gasteiger partial charge in [0, 0.05) is 30.7 Å². The van der Waals surface area contributed by atoms with Crippen LogP contribution < -0.4 is 10.2 Å². The van der Waals surface area contributed by atoms with E-state index in [1.165, 1.54) is 0 Å². The number of piperidine rings is 1. The van der Waals surface area contributed by atoms with E-state index in [-0.39, 0.29) is 30.7 Å². The summed E-state index contributed by atoms with van der Waals surface area (Å²) >= 11 is 0. The first-order valence-electron chi connectivity index (χ1n) is 10.0. The lowest BCUT2D eigenvalue weighted by molar-refractivity contribution is -0.144. The lowest BCUT2D eigenvalue weighted by Crippen LogP contribution is -2.39. The summed E-state index contributed by atoms with van der Waals surface area (Å²) in [5.41, 5.74) is 1.93. The topological polar surface area (TPSA) is 78.2 Å². The molecule has 2 aromatic rings. The number of hydrogen-bond acceptors (Lipinski definition) is 7. The van der Waals surface area contributed by atoms with E-state index in [9.17, 15) is 9.59 Å². The summed E-state index contributed by atoms with van der Waals surface area (Å²) in [5.74, 6) is 1.16. The maximum Gasteiger partial charge on any atom is 0.320 e. The zero-order valence-corrected chi connectivity index (χ0v) is 17.6. The molecule has 1 fully saturated rings. The molecule has 7 nitrogen and oxygen atoms in total. The molecule has 2 heterocycles. The smallest absolute Gasteiger partial charge is 0.320 e. The number of fused-ring (bicyclic) bond motifs is 1. The summed E-state index contributed by atoms with van der Waals surface area (Å²) in [7, 11) is 1.56. The van der Waals surface area contributed by atoms with Crippen molar-refractivity contribution in [2.75, 3.05) is 40.1 Å². The zero-order valence-electron chi connectivity index (χ0n) is 17.6. The number of benzene rings is 1. The monoisotopic (exact) mass is 403 g/mol. The van der Waals surface area contributed by atoms with Crippen molar-refractivity contribution in [1.29, 1.82) is 0 Å². The Morgan fingerprint density at radius 2 is 2.07 bits per heavy atom. The van der Waals surface area contributed by atoms with E-state index in [2.05, 4.69) is 4.90 Å². The lowest BCUT2D eigenvalue weighted by Gasteiger charge is -2.32. The van der Waals surface area contributed by atoms with E-state index >= 15 is 0 Å². The number of aryl methyl sites for hydroxylation is 1. The van der Waals surface area contributed by atoms with Crippen molar-refractivity contribution in [2.24, 2.45) is 0 Å². The van der Waals surface area contributed by atoms with Crippen LogP contribution in [0.25, 0.3) is 11.0 Å². The number of methoxy groups -OCH3 is 1. The van der Waals surface area contributed by atoms with Crippen molar-refractivity contribution < 1.29 is 23.4 Å². The minimum atomic E-state index is -0.222. The van der Waals surface area contributed by atoms with Gasteiger partial charge < -0.3 is 18.6 Å². The molecule has 0 aliphatic carbocycles. The highest BCUT2D eigenvalue weighted by Gasteiger charge is 2.28. The van der Waals surface area contributed by atoms with Gasteiger partial charge in [0.05, 0.1) is 18.5 Å². The third kappa shape index (κ3) is 4.62. The van der Waals surface area contributed by atoms with E-state index in [1.54, 1.807) is 26.2 Å². The maximum atomic E-state index is 13.0. The molecule has 0 bridgehead atoms. The Morgan fingerprint density at radius 1 is 1.28 bits per heavy atom. The van der Waals surface area contributed by atoms with Crippen LogP contribution in [-0.4, -0.2) is 51.0 Å². The van der Waals surface area contributed by atoms with Crippen molar-refractivity contribution in [3.63, 3.8) is 0 Å². The summed E-state index contributed by atoms with van der Waals surface area (Å²) in [5, 5.41) is 0.549. The molecule has 1 unspecified atom stereocenters. The summed E-state index contributed by atoms with van der Waals surface area (Å²) < 4.78 is 21.9. The second-order valence-electron chi connectivity index (χ2n) is 7.42. The van der Waals surface area contributed by atoms with Gasteiger partial charge in [0.2, 0.25) is 0 Å². The molecule has 7 heteroatoms. The summed E-state index contributed by atoms with van der Waals surface area (Å²) in [6.45, 7) is 7.75. The van der Waals surface area contributed by atoms with E-state index < -0.39 is 0 Å². The van der Waals surface area contributed by atoms with Crippen LogP contribution in [0.3, 0.4) is 0 Å². The molecule has 1 aliphatic heterocycles. The molecule has 158 valence electrons. The fourth-order valence-corrected chi connectivity index (χ4v) is 3.95. The minimum Gasteiger partial charge on any atom is -0.467 e. The minimum absolute atomic E-state index is 0.0230. The molecule has 1 aromatic carbocycles. The molecule has 1 atom stereocenters. The number of likely N-dealkylation sites (tertiary alicyclic amines) is 1. The molecule has 0 amide bonds. The quantitative estimate of drug-likeness (QED) is 0.519. The van der Waals surface area contributed by atoms with E-state index in [0.717, 1.165) is 24.9 Å². The van der Waals surface area contributed by atoms with Gasteiger partial charge in [0.15, 0.2) is 12.2 Å². The molecule has 0 radical (unpaired) electrons. The second kappa shape index (κ2) is 9.41. The fourth-order valence-electron chi connectivity index (χ4n) is 3.95. The van der Waals surface area contributed by atoms with Gasteiger partial charge in [-0.15, -0.1) is 0 Å². The van der Waals surface area contributed by atoms with E-state index in [4.69, 9.17) is 18.6 Å². The number of ether oxygens (including phenoxy) is 3. The number of rotatable bonds is 7. The van der Waals surface area contributed by atoms with Gasteiger partial charge in [-0.2, -0.15) is 0 Å². The van der Waals surface area contributed by atoms with Crippen LogP contribution in [0.15, 0.2) is 21.3 Å². The second-order valence-corrected chi connectivity index (χ2v) is 7.42. The third-order valence-electron chi connectivity index (χ3n) is 5.39. The predicted molar refractivity (Wildman–Crippen MR) is 110 cm³/mol. The largest absolute Gasteiger partial charge is 0.467 e. The van der Waals surface area contributed by atoms with Crippen LogP contribution in [0.5, 0.6) is 5.75 Å². The third-order valence-corrected chi connectivity index (χ3v) is 5.39. The van der Waals surface area contributed by atoms with Gasteiger partial charge >= 0.3 is 5.97 Å². The van der Waals surface area contributed by atoms with Crippen LogP contribution in [-0.2, 0) is 14.3 Å². The van der Waals surface area contributed by atoms with Crippen molar-refractivity contribution >= 4 is 16.9 Å². The molecule has 3 rings (SSSR count). The van der Waals surface area contributed by atoms with Crippen molar-refractivity contribution in [3.05, 3.63) is 39.2 Å². The molecule has 0 saturated carbocycles. The predicted octanol–water partition coefficient (Wildman–Crippen LogP) is 3.14. The highest BCUT2D eigenvalue weighted by Crippen LogP contribution is 2.33. The van der Waals surface area contributed by atoms with Gasteiger partial charge in [-0.05, 0) is 52.3 Å². The van der Waals surface area contributed by atoms with E-state index in [1.807, 2.05) is 13.8 Å². The SMILES string of the molecule is CCOC(=O)CN1CCCC(c2oc3c(C)c(OCOC)ccc3c(=O)c2C)C1. The molecule has 0 N–H and O–H groups in total. The summed E-state index contributed by atoms with van der Waals surface area (Å²) in [4.78, 5) is 26.9. The van der Waals surface area contributed by atoms with Crippen molar-refractivity contribution in [2.45, 2.75) is 39.5 Å². The average Bonchev–Trinajstić information content (AvgIpc) is 2.70. The van der Waals surface area contributed by atoms with Crippen LogP contribution in [0.1, 0.15) is 42.6 Å². The maximum absolute atomic E-state index is 13.0. The first-order valence-corrected chi connectivity index (χ1v) is 10.0. The Kier molecular flexibility index (Phi) is 6.92. The first-order chi connectivity index (χ1) is 14.0. The standard InChI is InChI=1S/C22H29NO6/c1-5-27-19(24)12-23-10-6-7-16(11-23)21-15(3)20(25)17-8-9-18(28-13-26-4)14(2)22(17)29-21/h8-9,16H,5-7,10-13H2,1-4H3. The fraction of sp³-hybridized carbons (Fsp3) is 0.545. The Bertz CT molecular complexity index is 935. The van der Waals surface area contributed by atoms with E-state index in [0.29, 0.717) is 41.2 Å².